The van der Waals surface area contributed by atoms with Crippen molar-refractivity contribution in [2.24, 2.45) is 0 Å². The molecule has 2 rings (SSSR count). The Morgan fingerprint density at radius 1 is 1.50 bits per heavy atom. The first-order chi connectivity index (χ1) is 8.60. The maximum atomic E-state index is 11.2. The normalized spacial score (nSPS) is 10.4. The summed E-state index contributed by atoms with van der Waals surface area (Å²) in [6.07, 6.45) is 0.230. The van der Waals surface area contributed by atoms with Crippen molar-refractivity contribution in [2.45, 2.75) is 13.3 Å². The number of benzene rings is 1. The number of thiazole rings is 1. The summed E-state index contributed by atoms with van der Waals surface area (Å²) < 4.78 is 5.65. The topological polar surface area (TPSA) is 39.2 Å². The summed E-state index contributed by atoms with van der Waals surface area (Å²) in [5.41, 5.74) is 3.14. The molecule has 0 aliphatic rings. The number of halogens is 1. The van der Waals surface area contributed by atoms with Gasteiger partial charge in [0.2, 0.25) is 0 Å². The Kier molecular flexibility index (Phi) is 4.14. The number of rotatable bonds is 3. The van der Waals surface area contributed by atoms with E-state index in [9.17, 15) is 4.79 Å². The maximum Gasteiger partial charge on any atom is 0.312 e. The molecule has 0 saturated carbocycles. The zero-order chi connectivity index (χ0) is 13.1. The summed E-state index contributed by atoms with van der Waals surface area (Å²) in [6, 6.07) is 6.08. The third kappa shape index (κ3) is 2.97. The first kappa shape index (κ1) is 13.2. The second-order valence-electron chi connectivity index (χ2n) is 3.84. The minimum absolute atomic E-state index is 0.230. The van der Waals surface area contributed by atoms with Gasteiger partial charge in [-0.2, -0.15) is 0 Å². The summed E-state index contributed by atoms with van der Waals surface area (Å²) in [6.45, 7) is 2.04. The molecule has 18 heavy (non-hydrogen) atoms. The number of methoxy groups -OCH3 is 1. The highest BCUT2D eigenvalue weighted by atomic mass is 79.9. The Morgan fingerprint density at radius 2 is 2.28 bits per heavy atom. The molecule has 0 bridgehead atoms. The van der Waals surface area contributed by atoms with Crippen LogP contribution in [-0.2, 0) is 16.0 Å². The van der Waals surface area contributed by atoms with E-state index in [1.54, 1.807) is 0 Å². The van der Waals surface area contributed by atoms with Crippen molar-refractivity contribution in [1.29, 1.82) is 0 Å². The molecular formula is C13H12BrNO2S. The number of aromatic nitrogens is 1. The van der Waals surface area contributed by atoms with Gasteiger partial charge in [0.15, 0.2) is 0 Å². The van der Waals surface area contributed by atoms with Gasteiger partial charge in [-0.05, 0) is 24.6 Å². The fraction of sp³-hybridized carbons (Fsp3) is 0.231. The predicted octanol–water partition coefficient (Wildman–Crippen LogP) is 3.60. The van der Waals surface area contributed by atoms with Crippen molar-refractivity contribution >= 4 is 33.2 Å². The SMILES string of the molecule is COC(=O)Cc1nc(-c2cc(Br)ccc2C)cs1. The number of nitrogens with zero attached hydrogens (tertiary/aromatic N) is 1. The number of hydrogen-bond acceptors (Lipinski definition) is 4. The monoisotopic (exact) mass is 325 g/mol. The molecule has 0 N–H and O–H groups in total. The van der Waals surface area contributed by atoms with Gasteiger partial charge in [-0.1, -0.05) is 22.0 Å². The zero-order valence-corrected chi connectivity index (χ0v) is 12.5. The molecule has 1 aromatic carbocycles. The second-order valence-corrected chi connectivity index (χ2v) is 5.70. The molecule has 1 aromatic heterocycles. The van der Waals surface area contributed by atoms with Crippen LogP contribution in [0.4, 0.5) is 0 Å². The van der Waals surface area contributed by atoms with Gasteiger partial charge in [0, 0.05) is 15.4 Å². The van der Waals surface area contributed by atoms with Crippen LogP contribution in [0.5, 0.6) is 0 Å². The molecular weight excluding hydrogens is 314 g/mol. The number of aryl methyl sites for hydroxylation is 1. The highest BCUT2D eigenvalue weighted by Crippen LogP contribution is 2.28. The summed E-state index contributed by atoms with van der Waals surface area (Å²) >= 11 is 4.93. The Labute approximate surface area is 118 Å². The lowest BCUT2D eigenvalue weighted by Crippen LogP contribution is -2.03. The smallest absolute Gasteiger partial charge is 0.312 e. The van der Waals surface area contributed by atoms with Crippen LogP contribution in [0.25, 0.3) is 11.3 Å². The summed E-state index contributed by atoms with van der Waals surface area (Å²) in [7, 11) is 1.38. The van der Waals surface area contributed by atoms with E-state index in [0.717, 1.165) is 26.3 Å². The first-order valence-electron chi connectivity index (χ1n) is 5.38. The standard InChI is InChI=1S/C13H12BrNO2S/c1-8-3-4-9(14)5-10(8)11-7-18-12(15-11)6-13(16)17-2/h3-5,7H,6H2,1-2H3. The van der Waals surface area contributed by atoms with Gasteiger partial charge < -0.3 is 4.74 Å². The average molecular weight is 326 g/mol. The van der Waals surface area contributed by atoms with Crippen LogP contribution in [0.15, 0.2) is 28.1 Å². The van der Waals surface area contributed by atoms with Crippen molar-refractivity contribution in [3.05, 3.63) is 38.6 Å². The van der Waals surface area contributed by atoms with E-state index < -0.39 is 0 Å². The van der Waals surface area contributed by atoms with E-state index >= 15 is 0 Å². The molecule has 0 amide bonds. The van der Waals surface area contributed by atoms with E-state index in [2.05, 4.69) is 25.7 Å². The maximum absolute atomic E-state index is 11.2. The number of esters is 1. The fourth-order valence-electron chi connectivity index (χ4n) is 1.58. The first-order valence-corrected chi connectivity index (χ1v) is 7.05. The molecule has 5 heteroatoms. The minimum Gasteiger partial charge on any atom is -0.469 e. The molecule has 2 aromatic rings. The van der Waals surface area contributed by atoms with Crippen LogP contribution in [0, 0.1) is 6.92 Å². The molecule has 0 aliphatic carbocycles. The molecule has 0 aliphatic heterocycles. The van der Waals surface area contributed by atoms with Gasteiger partial charge in [-0.15, -0.1) is 11.3 Å². The average Bonchev–Trinajstić information content (AvgIpc) is 2.80. The van der Waals surface area contributed by atoms with Gasteiger partial charge >= 0.3 is 5.97 Å². The molecule has 0 fully saturated rings. The Morgan fingerprint density at radius 3 is 3.00 bits per heavy atom. The fourth-order valence-corrected chi connectivity index (χ4v) is 2.72. The van der Waals surface area contributed by atoms with E-state index in [1.807, 2.05) is 30.5 Å². The van der Waals surface area contributed by atoms with Gasteiger partial charge in [-0.25, -0.2) is 4.98 Å². The number of carbonyl (C=O) groups excluding carboxylic acids is 1. The lowest BCUT2D eigenvalue weighted by molar-refractivity contribution is -0.139. The van der Waals surface area contributed by atoms with Crippen LogP contribution in [0.3, 0.4) is 0 Å². The molecule has 3 nitrogen and oxygen atoms in total. The Bertz CT molecular complexity index is 580. The molecule has 0 atom stereocenters. The van der Waals surface area contributed by atoms with Crippen molar-refractivity contribution in [3.63, 3.8) is 0 Å². The Hall–Kier alpha value is -1.20. The van der Waals surface area contributed by atoms with Crippen LogP contribution in [-0.4, -0.2) is 18.1 Å². The van der Waals surface area contributed by atoms with Crippen LogP contribution in [0.1, 0.15) is 10.6 Å². The van der Waals surface area contributed by atoms with Crippen LogP contribution >= 0.6 is 27.3 Å². The van der Waals surface area contributed by atoms with E-state index in [1.165, 1.54) is 18.4 Å². The number of ether oxygens (including phenoxy) is 1. The Balaban J connectivity index is 2.29. The summed E-state index contributed by atoms with van der Waals surface area (Å²) in [5.74, 6) is -0.262. The van der Waals surface area contributed by atoms with Crippen LogP contribution < -0.4 is 0 Å². The van der Waals surface area contributed by atoms with E-state index in [-0.39, 0.29) is 12.4 Å². The van der Waals surface area contributed by atoms with Gasteiger partial charge in [0.25, 0.3) is 0 Å². The van der Waals surface area contributed by atoms with Crippen molar-refractivity contribution in [3.8, 4) is 11.3 Å². The molecule has 0 unspecified atom stereocenters. The van der Waals surface area contributed by atoms with Crippen molar-refractivity contribution in [2.75, 3.05) is 7.11 Å². The number of carbonyl (C=O) groups is 1. The minimum atomic E-state index is -0.262. The quantitative estimate of drug-likeness (QED) is 0.809. The molecule has 94 valence electrons. The zero-order valence-electron chi connectivity index (χ0n) is 10.1. The van der Waals surface area contributed by atoms with E-state index in [0.29, 0.717) is 0 Å². The highest BCUT2D eigenvalue weighted by molar-refractivity contribution is 9.10. The van der Waals surface area contributed by atoms with Gasteiger partial charge in [-0.3, -0.25) is 4.79 Å². The molecule has 0 saturated heterocycles. The third-order valence-electron chi connectivity index (χ3n) is 2.55. The lowest BCUT2D eigenvalue weighted by Gasteiger charge is -2.02. The summed E-state index contributed by atoms with van der Waals surface area (Å²) in [5, 5.41) is 2.74. The highest BCUT2D eigenvalue weighted by Gasteiger charge is 2.10. The third-order valence-corrected chi connectivity index (χ3v) is 3.89. The molecule has 1 heterocycles. The number of hydrogen-bond donors (Lipinski definition) is 0. The molecule has 0 spiro atoms. The molecule has 0 radical (unpaired) electrons. The predicted molar refractivity (Wildman–Crippen MR) is 75.7 cm³/mol. The largest absolute Gasteiger partial charge is 0.469 e. The van der Waals surface area contributed by atoms with Crippen molar-refractivity contribution in [1.82, 2.24) is 4.98 Å². The van der Waals surface area contributed by atoms with Gasteiger partial charge in [0.05, 0.1) is 19.2 Å². The van der Waals surface area contributed by atoms with Crippen molar-refractivity contribution < 1.29 is 9.53 Å². The lowest BCUT2D eigenvalue weighted by atomic mass is 10.1. The summed E-state index contributed by atoms with van der Waals surface area (Å²) in [4.78, 5) is 15.7. The van der Waals surface area contributed by atoms with E-state index in [4.69, 9.17) is 0 Å². The van der Waals surface area contributed by atoms with Gasteiger partial charge in [0.1, 0.15) is 5.01 Å². The second kappa shape index (κ2) is 5.63. The van der Waals surface area contributed by atoms with Crippen LogP contribution in [0.2, 0.25) is 0 Å².